The molecular weight excluding hydrogens is 231 g/mol. The van der Waals surface area contributed by atoms with Crippen molar-refractivity contribution in [3.05, 3.63) is 0 Å². The first-order chi connectivity index (χ1) is 7.97. The van der Waals surface area contributed by atoms with Gasteiger partial charge in [-0.25, -0.2) is 0 Å². The third kappa shape index (κ3) is 3.13. The molecule has 17 heavy (non-hydrogen) atoms. The molecule has 2 aliphatic rings. The van der Waals surface area contributed by atoms with Gasteiger partial charge >= 0.3 is 6.18 Å². The monoisotopic (exact) mass is 249 g/mol. The normalized spacial score (nSPS) is 30.8. The van der Waals surface area contributed by atoms with Crippen LogP contribution in [0.3, 0.4) is 0 Å². The highest BCUT2D eigenvalue weighted by atomic mass is 19.4. The van der Waals surface area contributed by atoms with E-state index in [1.807, 2.05) is 0 Å². The fraction of sp³-hybridized carbons (Fsp3) is 0.917. The van der Waals surface area contributed by atoms with Gasteiger partial charge < -0.3 is 5.32 Å². The van der Waals surface area contributed by atoms with E-state index in [2.05, 4.69) is 5.32 Å². The zero-order chi connectivity index (χ0) is 12.5. The highest BCUT2D eigenvalue weighted by Crippen LogP contribution is 2.37. The van der Waals surface area contributed by atoms with Gasteiger partial charge in [-0.3, -0.25) is 4.79 Å². The van der Waals surface area contributed by atoms with E-state index in [1.165, 1.54) is 0 Å². The van der Waals surface area contributed by atoms with Crippen LogP contribution in [-0.4, -0.2) is 18.1 Å². The van der Waals surface area contributed by atoms with Crippen molar-refractivity contribution < 1.29 is 18.0 Å². The molecule has 0 aromatic carbocycles. The minimum atomic E-state index is -4.11. The Hall–Kier alpha value is -0.740. The van der Waals surface area contributed by atoms with Gasteiger partial charge in [-0.2, -0.15) is 13.2 Å². The van der Waals surface area contributed by atoms with Gasteiger partial charge in [-0.05, 0) is 32.1 Å². The Morgan fingerprint density at radius 2 is 1.71 bits per heavy atom. The van der Waals surface area contributed by atoms with Crippen molar-refractivity contribution in [3.63, 3.8) is 0 Å². The summed E-state index contributed by atoms with van der Waals surface area (Å²) in [6, 6.07) is -0.275. The summed E-state index contributed by atoms with van der Waals surface area (Å²) < 4.78 is 37.7. The van der Waals surface area contributed by atoms with Crippen LogP contribution < -0.4 is 5.32 Å². The standard InChI is InChI=1S/C12H18F3NO/c13-12(14,15)9-5-2-6-10(7-9)16-11(17)8-3-1-4-8/h8-10H,1-7H2,(H,16,17). The SMILES string of the molecule is O=C(NC1CCCC(C(F)(F)F)C1)C1CCC1. The lowest BCUT2D eigenvalue weighted by Crippen LogP contribution is -2.45. The Morgan fingerprint density at radius 1 is 1.06 bits per heavy atom. The van der Waals surface area contributed by atoms with Gasteiger partial charge in [-0.15, -0.1) is 0 Å². The largest absolute Gasteiger partial charge is 0.391 e. The summed E-state index contributed by atoms with van der Waals surface area (Å²) in [6.45, 7) is 0. The zero-order valence-electron chi connectivity index (χ0n) is 9.72. The molecular formula is C12H18F3NO. The molecule has 0 aliphatic heterocycles. The van der Waals surface area contributed by atoms with Crippen LogP contribution in [0.15, 0.2) is 0 Å². The van der Waals surface area contributed by atoms with Gasteiger partial charge in [0, 0.05) is 12.0 Å². The minimum absolute atomic E-state index is 0.0379. The van der Waals surface area contributed by atoms with Crippen molar-refractivity contribution >= 4 is 5.91 Å². The molecule has 0 aromatic heterocycles. The predicted octanol–water partition coefficient (Wildman–Crippen LogP) is 3.02. The Labute approximate surface area is 98.9 Å². The molecule has 0 saturated heterocycles. The van der Waals surface area contributed by atoms with Crippen LogP contribution in [-0.2, 0) is 4.79 Å². The molecule has 2 nitrogen and oxygen atoms in total. The van der Waals surface area contributed by atoms with Crippen LogP contribution in [0.5, 0.6) is 0 Å². The number of halogens is 3. The molecule has 2 saturated carbocycles. The number of hydrogen-bond donors (Lipinski definition) is 1. The van der Waals surface area contributed by atoms with E-state index in [9.17, 15) is 18.0 Å². The molecule has 0 heterocycles. The minimum Gasteiger partial charge on any atom is -0.353 e. The molecule has 2 unspecified atom stereocenters. The lowest BCUT2D eigenvalue weighted by Gasteiger charge is -2.33. The summed E-state index contributed by atoms with van der Waals surface area (Å²) in [7, 11) is 0. The molecule has 0 radical (unpaired) electrons. The van der Waals surface area contributed by atoms with E-state index in [4.69, 9.17) is 0 Å². The van der Waals surface area contributed by atoms with Crippen LogP contribution in [0.25, 0.3) is 0 Å². The van der Waals surface area contributed by atoms with E-state index in [-0.39, 0.29) is 30.7 Å². The van der Waals surface area contributed by atoms with Crippen molar-refractivity contribution in [2.45, 2.75) is 57.2 Å². The van der Waals surface area contributed by atoms with E-state index < -0.39 is 12.1 Å². The average molecular weight is 249 g/mol. The van der Waals surface area contributed by atoms with Gasteiger partial charge in [-0.1, -0.05) is 12.8 Å². The molecule has 98 valence electrons. The molecule has 2 fully saturated rings. The van der Waals surface area contributed by atoms with E-state index >= 15 is 0 Å². The fourth-order valence-corrected chi connectivity index (χ4v) is 2.61. The second-order valence-corrected chi connectivity index (χ2v) is 5.24. The van der Waals surface area contributed by atoms with E-state index in [0.717, 1.165) is 19.3 Å². The second-order valence-electron chi connectivity index (χ2n) is 5.24. The van der Waals surface area contributed by atoms with Crippen molar-refractivity contribution in [1.82, 2.24) is 5.32 Å². The first-order valence-electron chi connectivity index (χ1n) is 6.34. The van der Waals surface area contributed by atoms with Crippen LogP contribution >= 0.6 is 0 Å². The number of rotatable bonds is 2. The van der Waals surface area contributed by atoms with Crippen molar-refractivity contribution in [2.75, 3.05) is 0 Å². The number of alkyl halides is 3. The average Bonchev–Trinajstić information content (AvgIpc) is 2.13. The quantitative estimate of drug-likeness (QED) is 0.800. The summed E-state index contributed by atoms with van der Waals surface area (Å²) in [5.74, 6) is -1.21. The molecule has 1 N–H and O–H groups in total. The maximum atomic E-state index is 12.6. The number of carbonyl (C=O) groups excluding carboxylic acids is 1. The fourth-order valence-electron chi connectivity index (χ4n) is 2.61. The highest BCUT2D eigenvalue weighted by Gasteiger charge is 2.42. The van der Waals surface area contributed by atoms with Crippen molar-refractivity contribution in [2.24, 2.45) is 11.8 Å². The Morgan fingerprint density at radius 3 is 2.24 bits per heavy atom. The summed E-state index contributed by atoms with van der Waals surface area (Å²) in [5.41, 5.74) is 0. The maximum Gasteiger partial charge on any atom is 0.391 e. The number of amides is 1. The highest BCUT2D eigenvalue weighted by molar-refractivity contribution is 5.79. The van der Waals surface area contributed by atoms with Crippen LogP contribution in [0.4, 0.5) is 13.2 Å². The van der Waals surface area contributed by atoms with Gasteiger partial charge in [0.15, 0.2) is 0 Å². The van der Waals surface area contributed by atoms with Crippen LogP contribution in [0, 0.1) is 11.8 Å². The smallest absolute Gasteiger partial charge is 0.353 e. The molecule has 0 aromatic rings. The van der Waals surface area contributed by atoms with E-state index in [1.54, 1.807) is 0 Å². The summed E-state index contributed by atoms with van der Waals surface area (Å²) in [6.07, 6.45) is 0.238. The Bertz CT molecular complexity index is 286. The third-order valence-electron chi connectivity index (χ3n) is 3.96. The van der Waals surface area contributed by atoms with Gasteiger partial charge in [0.25, 0.3) is 0 Å². The molecule has 2 aliphatic carbocycles. The predicted molar refractivity (Wildman–Crippen MR) is 57.3 cm³/mol. The lowest BCUT2D eigenvalue weighted by atomic mass is 9.82. The molecule has 0 spiro atoms. The topological polar surface area (TPSA) is 29.1 Å². The Balaban J connectivity index is 1.82. The van der Waals surface area contributed by atoms with Gasteiger partial charge in [0.1, 0.15) is 0 Å². The molecule has 0 bridgehead atoms. The van der Waals surface area contributed by atoms with Crippen LogP contribution in [0.2, 0.25) is 0 Å². The first-order valence-corrected chi connectivity index (χ1v) is 6.34. The van der Waals surface area contributed by atoms with Crippen molar-refractivity contribution in [1.29, 1.82) is 0 Å². The van der Waals surface area contributed by atoms with E-state index in [0.29, 0.717) is 12.8 Å². The molecule has 2 rings (SSSR count). The number of carbonyl (C=O) groups is 1. The van der Waals surface area contributed by atoms with Crippen LogP contribution in [0.1, 0.15) is 44.9 Å². The van der Waals surface area contributed by atoms with Gasteiger partial charge in [0.2, 0.25) is 5.91 Å². The second kappa shape index (κ2) is 4.86. The first kappa shape index (κ1) is 12.7. The third-order valence-corrected chi connectivity index (χ3v) is 3.96. The summed E-state index contributed by atoms with van der Waals surface area (Å²) >= 11 is 0. The molecule has 2 atom stereocenters. The van der Waals surface area contributed by atoms with Gasteiger partial charge in [0.05, 0.1) is 5.92 Å². The zero-order valence-corrected chi connectivity index (χ0v) is 9.72. The summed E-state index contributed by atoms with van der Waals surface area (Å²) in [5, 5.41) is 2.78. The molecule has 5 heteroatoms. The van der Waals surface area contributed by atoms with Crippen molar-refractivity contribution in [3.8, 4) is 0 Å². The lowest BCUT2D eigenvalue weighted by molar-refractivity contribution is -0.184. The molecule has 1 amide bonds. The maximum absolute atomic E-state index is 12.6. The number of nitrogens with one attached hydrogen (secondary N) is 1. The number of hydrogen-bond acceptors (Lipinski definition) is 1. The summed E-state index contributed by atoms with van der Waals surface area (Å²) in [4.78, 5) is 11.7. The Kier molecular flexibility index (Phi) is 3.64.